The summed E-state index contributed by atoms with van der Waals surface area (Å²) in [6.45, 7) is 2.48. The summed E-state index contributed by atoms with van der Waals surface area (Å²) in [5.74, 6) is 1.54. The summed E-state index contributed by atoms with van der Waals surface area (Å²) in [6.07, 6.45) is 3.27. The van der Waals surface area contributed by atoms with Crippen LogP contribution < -0.4 is 10.1 Å². The van der Waals surface area contributed by atoms with E-state index in [9.17, 15) is 4.79 Å². The van der Waals surface area contributed by atoms with Gasteiger partial charge in [0.05, 0.1) is 7.11 Å². The maximum Gasteiger partial charge on any atom is 0.317 e. The van der Waals surface area contributed by atoms with Crippen molar-refractivity contribution in [3.63, 3.8) is 0 Å². The van der Waals surface area contributed by atoms with Gasteiger partial charge in [-0.15, -0.1) is 0 Å². The van der Waals surface area contributed by atoms with Crippen molar-refractivity contribution in [2.75, 3.05) is 26.7 Å². The Balaban J connectivity index is 1.17. The Kier molecular flexibility index (Phi) is 4.58. The van der Waals surface area contributed by atoms with Crippen molar-refractivity contribution in [3.8, 4) is 5.75 Å². The molecular weight excluding hydrogens is 324 g/mol. The smallest absolute Gasteiger partial charge is 0.317 e. The summed E-state index contributed by atoms with van der Waals surface area (Å²) in [7, 11) is 1.67. The van der Waals surface area contributed by atoms with Crippen molar-refractivity contribution in [1.29, 1.82) is 0 Å². The highest BCUT2D eigenvalue weighted by molar-refractivity contribution is 5.75. The third-order valence-electron chi connectivity index (χ3n) is 5.82. The lowest BCUT2D eigenvalue weighted by molar-refractivity contribution is -0.0472. The van der Waals surface area contributed by atoms with E-state index in [4.69, 9.17) is 4.74 Å². The lowest BCUT2D eigenvalue weighted by atomic mass is 9.56. The van der Waals surface area contributed by atoms with Crippen LogP contribution in [0.4, 0.5) is 4.79 Å². The number of carbonyl (C=O) groups is 1. The average molecular weight is 350 g/mol. The number of nitrogens with one attached hydrogen (secondary N) is 1. The lowest BCUT2D eigenvalue weighted by Crippen LogP contribution is -2.64. The second-order valence-corrected chi connectivity index (χ2v) is 7.70. The Labute approximate surface area is 155 Å². The van der Waals surface area contributed by atoms with Crippen LogP contribution in [-0.4, -0.2) is 37.7 Å². The standard InChI is InChI=1S/C22H26N2O2/c1-26-20-9-7-17(8-10-20)11-12-23-21(25)24-15-22(16-24)13-19(14-22)18-5-3-2-4-6-18/h2-10,19H,11-16H2,1H3,(H,23,25). The number of nitrogens with zero attached hydrogens (tertiary/aromatic N) is 1. The summed E-state index contributed by atoms with van der Waals surface area (Å²) < 4.78 is 5.16. The average Bonchev–Trinajstić information content (AvgIpc) is 2.61. The summed E-state index contributed by atoms with van der Waals surface area (Å²) in [5.41, 5.74) is 3.03. The molecule has 1 aliphatic carbocycles. The van der Waals surface area contributed by atoms with Crippen molar-refractivity contribution in [1.82, 2.24) is 10.2 Å². The van der Waals surface area contributed by atoms with Gasteiger partial charge in [0.2, 0.25) is 0 Å². The number of rotatable bonds is 5. The number of methoxy groups -OCH3 is 1. The Morgan fingerprint density at radius 2 is 1.81 bits per heavy atom. The molecule has 0 bridgehead atoms. The molecule has 4 nitrogen and oxygen atoms in total. The van der Waals surface area contributed by atoms with Gasteiger partial charge in [-0.25, -0.2) is 4.79 Å². The topological polar surface area (TPSA) is 41.6 Å². The van der Waals surface area contributed by atoms with Gasteiger partial charge in [0.25, 0.3) is 0 Å². The summed E-state index contributed by atoms with van der Waals surface area (Å²) in [6, 6.07) is 18.8. The minimum absolute atomic E-state index is 0.0762. The number of ether oxygens (including phenoxy) is 1. The van der Waals surface area contributed by atoms with Gasteiger partial charge in [0.1, 0.15) is 5.75 Å². The van der Waals surface area contributed by atoms with Crippen LogP contribution in [0.2, 0.25) is 0 Å². The van der Waals surface area contributed by atoms with Crippen molar-refractivity contribution < 1.29 is 9.53 Å². The molecule has 2 aromatic carbocycles. The molecule has 1 saturated heterocycles. The van der Waals surface area contributed by atoms with Gasteiger partial charge in [-0.05, 0) is 48.4 Å². The number of likely N-dealkylation sites (tertiary alicyclic amines) is 1. The Hall–Kier alpha value is -2.49. The third kappa shape index (κ3) is 3.41. The molecule has 26 heavy (non-hydrogen) atoms. The molecule has 0 unspecified atom stereocenters. The summed E-state index contributed by atoms with van der Waals surface area (Å²) in [5, 5.41) is 3.05. The van der Waals surface area contributed by atoms with E-state index in [1.165, 1.54) is 24.0 Å². The normalized spacial score (nSPS) is 18.1. The van der Waals surface area contributed by atoms with Crippen molar-refractivity contribution >= 4 is 6.03 Å². The number of benzene rings is 2. The Bertz CT molecular complexity index is 743. The zero-order valence-corrected chi connectivity index (χ0v) is 15.3. The Morgan fingerprint density at radius 3 is 2.46 bits per heavy atom. The van der Waals surface area contributed by atoms with Crippen molar-refractivity contribution in [2.45, 2.75) is 25.2 Å². The zero-order chi connectivity index (χ0) is 18.0. The van der Waals surface area contributed by atoms with Gasteiger partial charge < -0.3 is 15.0 Å². The zero-order valence-electron chi connectivity index (χ0n) is 15.3. The molecule has 1 aliphatic heterocycles. The van der Waals surface area contributed by atoms with Gasteiger partial charge in [-0.3, -0.25) is 0 Å². The van der Waals surface area contributed by atoms with Crippen LogP contribution in [0.5, 0.6) is 5.75 Å². The first kappa shape index (κ1) is 17.0. The minimum Gasteiger partial charge on any atom is -0.497 e. The largest absolute Gasteiger partial charge is 0.497 e. The first-order valence-electron chi connectivity index (χ1n) is 9.38. The molecular formula is C22H26N2O2. The fourth-order valence-corrected chi connectivity index (χ4v) is 4.33. The highest BCUT2D eigenvalue weighted by Crippen LogP contribution is 2.55. The van der Waals surface area contributed by atoms with E-state index in [1.807, 2.05) is 29.2 Å². The van der Waals surface area contributed by atoms with E-state index < -0.39 is 0 Å². The molecule has 2 amide bonds. The van der Waals surface area contributed by atoms with E-state index in [1.54, 1.807) is 7.11 Å². The number of urea groups is 1. The van der Waals surface area contributed by atoms with E-state index in [2.05, 4.69) is 35.6 Å². The molecule has 0 radical (unpaired) electrons. The van der Waals surface area contributed by atoms with Crippen LogP contribution in [0.25, 0.3) is 0 Å². The molecule has 4 heteroatoms. The number of carbonyl (C=O) groups excluding carboxylic acids is 1. The van der Waals surface area contributed by atoms with Crippen LogP contribution >= 0.6 is 0 Å². The number of hydrogen-bond donors (Lipinski definition) is 1. The van der Waals surface area contributed by atoms with Gasteiger partial charge in [0.15, 0.2) is 0 Å². The second kappa shape index (κ2) is 7.02. The van der Waals surface area contributed by atoms with Crippen molar-refractivity contribution in [2.24, 2.45) is 5.41 Å². The van der Waals surface area contributed by atoms with Crippen LogP contribution in [0.15, 0.2) is 54.6 Å². The fourth-order valence-electron chi connectivity index (χ4n) is 4.33. The highest BCUT2D eigenvalue weighted by Gasteiger charge is 2.53. The van der Waals surface area contributed by atoms with Crippen LogP contribution in [-0.2, 0) is 6.42 Å². The van der Waals surface area contributed by atoms with Crippen molar-refractivity contribution in [3.05, 3.63) is 65.7 Å². The molecule has 2 fully saturated rings. The predicted molar refractivity (Wildman–Crippen MR) is 103 cm³/mol. The van der Waals surface area contributed by atoms with E-state index in [0.29, 0.717) is 17.9 Å². The SMILES string of the molecule is COc1ccc(CCNC(=O)N2CC3(CC(c4ccccc4)C3)C2)cc1. The third-order valence-corrected chi connectivity index (χ3v) is 5.82. The monoisotopic (exact) mass is 350 g/mol. The molecule has 0 aromatic heterocycles. The summed E-state index contributed by atoms with van der Waals surface area (Å²) in [4.78, 5) is 14.2. The molecule has 1 spiro atoms. The van der Waals surface area contributed by atoms with Gasteiger partial charge >= 0.3 is 6.03 Å². The molecule has 1 N–H and O–H groups in total. The Morgan fingerprint density at radius 1 is 1.12 bits per heavy atom. The van der Waals surface area contributed by atoms with E-state index in [-0.39, 0.29) is 6.03 Å². The lowest BCUT2D eigenvalue weighted by Gasteiger charge is -2.59. The molecule has 1 saturated carbocycles. The fraction of sp³-hybridized carbons (Fsp3) is 0.409. The molecule has 2 aliphatic rings. The molecule has 2 aromatic rings. The van der Waals surface area contributed by atoms with Gasteiger partial charge in [-0.2, -0.15) is 0 Å². The molecule has 136 valence electrons. The molecule has 4 rings (SSSR count). The second-order valence-electron chi connectivity index (χ2n) is 7.70. The first-order valence-corrected chi connectivity index (χ1v) is 9.38. The van der Waals surface area contributed by atoms with Crippen LogP contribution in [0.1, 0.15) is 29.9 Å². The number of hydrogen-bond acceptors (Lipinski definition) is 2. The van der Waals surface area contributed by atoms with E-state index in [0.717, 1.165) is 25.3 Å². The van der Waals surface area contributed by atoms with Gasteiger partial charge in [0, 0.05) is 25.0 Å². The maximum absolute atomic E-state index is 12.3. The molecule has 0 atom stereocenters. The van der Waals surface area contributed by atoms with E-state index >= 15 is 0 Å². The van der Waals surface area contributed by atoms with Crippen LogP contribution in [0.3, 0.4) is 0 Å². The highest BCUT2D eigenvalue weighted by atomic mass is 16.5. The van der Waals surface area contributed by atoms with Crippen LogP contribution in [0, 0.1) is 5.41 Å². The maximum atomic E-state index is 12.3. The quantitative estimate of drug-likeness (QED) is 0.890. The first-order chi connectivity index (χ1) is 12.7. The number of amides is 2. The predicted octanol–water partition coefficient (Wildman–Crippen LogP) is 3.83. The minimum atomic E-state index is 0.0762. The summed E-state index contributed by atoms with van der Waals surface area (Å²) >= 11 is 0. The molecule has 1 heterocycles. The van der Waals surface area contributed by atoms with Gasteiger partial charge in [-0.1, -0.05) is 42.5 Å².